The van der Waals surface area contributed by atoms with Crippen molar-refractivity contribution in [3.63, 3.8) is 0 Å². The van der Waals surface area contributed by atoms with E-state index in [-0.39, 0.29) is 24.3 Å². The van der Waals surface area contributed by atoms with E-state index in [1.54, 1.807) is 18.3 Å². The summed E-state index contributed by atoms with van der Waals surface area (Å²) in [6.45, 7) is 5.67. The Morgan fingerprint density at radius 3 is 2.85 bits per heavy atom. The van der Waals surface area contributed by atoms with Gasteiger partial charge in [-0.2, -0.15) is 10.2 Å². The third-order valence-electron chi connectivity index (χ3n) is 4.13. The Bertz CT molecular complexity index is 974. The third-order valence-corrected chi connectivity index (χ3v) is 4.13. The predicted octanol–water partition coefficient (Wildman–Crippen LogP) is 2.24. The number of amides is 1. The maximum Gasteiger partial charge on any atom is 0.325 e. The first-order valence-corrected chi connectivity index (χ1v) is 8.30. The van der Waals surface area contributed by atoms with Gasteiger partial charge in [0.05, 0.1) is 23.2 Å². The number of pyridine rings is 1. The maximum absolute atomic E-state index is 12.7. The lowest BCUT2D eigenvalue weighted by Gasteiger charge is -2.11. The van der Waals surface area contributed by atoms with Crippen molar-refractivity contribution in [2.45, 2.75) is 39.8 Å². The minimum atomic E-state index is -1.00. The molecule has 0 fully saturated rings. The van der Waals surface area contributed by atoms with Crippen molar-refractivity contribution in [1.29, 1.82) is 0 Å². The molecule has 1 amide bonds. The van der Waals surface area contributed by atoms with Crippen LogP contribution in [0, 0.1) is 6.92 Å². The van der Waals surface area contributed by atoms with E-state index in [0.717, 1.165) is 6.42 Å². The minimum absolute atomic E-state index is 0.171. The fourth-order valence-corrected chi connectivity index (χ4v) is 2.67. The van der Waals surface area contributed by atoms with Crippen molar-refractivity contribution in [3.05, 3.63) is 35.8 Å². The van der Waals surface area contributed by atoms with E-state index >= 15 is 0 Å². The van der Waals surface area contributed by atoms with E-state index < -0.39 is 5.97 Å². The Kier molecular flexibility index (Phi) is 4.70. The largest absolute Gasteiger partial charge is 0.480 e. The highest BCUT2D eigenvalue weighted by atomic mass is 16.4. The van der Waals surface area contributed by atoms with Gasteiger partial charge >= 0.3 is 5.97 Å². The number of carboxylic acid groups (broad SMARTS) is 1. The molecule has 0 bridgehead atoms. The average Bonchev–Trinajstić information content (AvgIpc) is 3.19. The molecule has 9 nitrogen and oxygen atoms in total. The lowest BCUT2D eigenvalue weighted by molar-refractivity contribution is -0.137. The highest BCUT2D eigenvalue weighted by molar-refractivity contribution is 6.11. The number of rotatable bonds is 6. The van der Waals surface area contributed by atoms with Gasteiger partial charge in [-0.1, -0.05) is 6.92 Å². The van der Waals surface area contributed by atoms with Crippen molar-refractivity contribution in [1.82, 2.24) is 24.5 Å². The van der Waals surface area contributed by atoms with Gasteiger partial charge in [-0.25, -0.2) is 9.67 Å². The van der Waals surface area contributed by atoms with Crippen LogP contribution in [0.25, 0.3) is 11.0 Å². The number of nitrogens with one attached hydrogen (secondary N) is 1. The van der Waals surface area contributed by atoms with Gasteiger partial charge < -0.3 is 10.4 Å². The van der Waals surface area contributed by atoms with Crippen LogP contribution < -0.4 is 5.32 Å². The number of aliphatic carboxylic acids is 1. The number of fused-ring (bicyclic) bond motifs is 1. The van der Waals surface area contributed by atoms with Crippen LogP contribution in [0.2, 0.25) is 0 Å². The van der Waals surface area contributed by atoms with Crippen LogP contribution >= 0.6 is 0 Å². The zero-order valence-electron chi connectivity index (χ0n) is 14.8. The van der Waals surface area contributed by atoms with Gasteiger partial charge in [0, 0.05) is 18.0 Å². The summed E-state index contributed by atoms with van der Waals surface area (Å²) in [5.74, 6) is -1.06. The molecule has 136 valence electrons. The molecule has 1 unspecified atom stereocenters. The molecule has 0 aliphatic heterocycles. The standard InChI is InChI=1S/C17H20N6O3/c1-4-11(3)23-16-13(8-18-23)12(7-10(2)19-16)17(26)20-14-5-6-22(21-14)9-15(24)25/h5-8,11H,4,9H2,1-3H3,(H,24,25)(H,20,21,26). The molecule has 3 heterocycles. The van der Waals surface area contributed by atoms with Crippen LogP contribution in [-0.2, 0) is 11.3 Å². The van der Waals surface area contributed by atoms with Gasteiger partial charge in [-0.15, -0.1) is 0 Å². The fourth-order valence-electron chi connectivity index (χ4n) is 2.67. The number of aromatic nitrogens is 5. The zero-order valence-corrected chi connectivity index (χ0v) is 14.8. The summed E-state index contributed by atoms with van der Waals surface area (Å²) in [4.78, 5) is 28.0. The van der Waals surface area contributed by atoms with Crippen LogP contribution in [0.5, 0.6) is 0 Å². The molecule has 3 aromatic heterocycles. The summed E-state index contributed by atoms with van der Waals surface area (Å²) in [5, 5.41) is 20.6. The minimum Gasteiger partial charge on any atom is -0.480 e. The molecule has 3 rings (SSSR count). The molecule has 0 spiro atoms. The number of anilines is 1. The van der Waals surface area contributed by atoms with Crippen molar-refractivity contribution < 1.29 is 14.7 Å². The second kappa shape index (κ2) is 6.95. The smallest absolute Gasteiger partial charge is 0.325 e. The zero-order chi connectivity index (χ0) is 18.8. The van der Waals surface area contributed by atoms with Crippen molar-refractivity contribution in [2.24, 2.45) is 0 Å². The van der Waals surface area contributed by atoms with Gasteiger partial charge in [0.25, 0.3) is 5.91 Å². The Morgan fingerprint density at radius 1 is 1.38 bits per heavy atom. The van der Waals surface area contributed by atoms with Crippen LogP contribution in [0.4, 0.5) is 5.82 Å². The second-order valence-electron chi connectivity index (χ2n) is 6.14. The molecule has 0 saturated heterocycles. The summed E-state index contributed by atoms with van der Waals surface area (Å²) < 4.78 is 3.06. The number of carbonyl (C=O) groups is 2. The summed E-state index contributed by atoms with van der Waals surface area (Å²) in [7, 11) is 0. The molecular weight excluding hydrogens is 336 g/mol. The highest BCUT2D eigenvalue weighted by Gasteiger charge is 2.18. The molecule has 3 aromatic rings. The van der Waals surface area contributed by atoms with Crippen molar-refractivity contribution in [3.8, 4) is 0 Å². The Balaban J connectivity index is 1.92. The number of hydrogen-bond acceptors (Lipinski definition) is 5. The maximum atomic E-state index is 12.7. The van der Waals surface area contributed by atoms with Gasteiger partial charge in [0.2, 0.25) is 0 Å². The fraction of sp³-hybridized carbons (Fsp3) is 0.353. The quantitative estimate of drug-likeness (QED) is 0.700. The average molecular weight is 356 g/mol. The van der Waals surface area contributed by atoms with Crippen molar-refractivity contribution in [2.75, 3.05) is 5.32 Å². The van der Waals surface area contributed by atoms with Gasteiger partial charge in [0.1, 0.15) is 6.54 Å². The molecule has 0 saturated carbocycles. The Hall–Kier alpha value is -3.23. The molecule has 26 heavy (non-hydrogen) atoms. The first-order chi connectivity index (χ1) is 12.4. The summed E-state index contributed by atoms with van der Waals surface area (Å²) >= 11 is 0. The molecular formula is C17H20N6O3. The third kappa shape index (κ3) is 3.41. The normalized spacial score (nSPS) is 12.3. The number of hydrogen-bond donors (Lipinski definition) is 2. The van der Waals surface area contributed by atoms with E-state index in [2.05, 4.69) is 27.4 Å². The summed E-state index contributed by atoms with van der Waals surface area (Å²) in [6.07, 6.45) is 4.04. The summed E-state index contributed by atoms with van der Waals surface area (Å²) in [5.41, 5.74) is 1.83. The molecule has 0 aliphatic carbocycles. The monoisotopic (exact) mass is 356 g/mol. The first-order valence-electron chi connectivity index (χ1n) is 8.30. The lowest BCUT2D eigenvalue weighted by atomic mass is 10.1. The number of carboxylic acids is 1. The second-order valence-corrected chi connectivity index (χ2v) is 6.14. The lowest BCUT2D eigenvalue weighted by Crippen LogP contribution is -2.15. The predicted molar refractivity (Wildman–Crippen MR) is 95.1 cm³/mol. The van der Waals surface area contributed by atoms with Crippen molar-refractivity contribution >= 4 is 28.7 Å². The first kappa shape index (κ1) is 17.6. The van der Waals surface area contributed by atoms with E-state index in [4.69, 9.17) is 5.11 Å². The van der Waals surface area contributed by atoms with Gasteiger partial charge in [-0.05, 0) is 26.3 Å². The molecule has 0 aliphatic rings. The highest BCUT2D eigenvalue weighted by Crippen LogP contribution is 2.23. The number of nitrogens with zero attached hydrogens (tertiary/aromatic N) is 5. The molecule has 2 N–H and O–H groups in total. The van der Waals surface area contributed by atoms with Gasteiger partial charge in [-0.3, -0.25) is 14.3 Å². The van der Waals surface area contributed by atoms with Crippen LogP contribution in [-0.4, -0.2) is 41.5 Å². The van der Waals surface area contributed by atoms with Crippen LogP contribution in [0.3, 0.4) is 0 Å². The SMILES string of the molecule is CCC(C)n1ncc2c(C(=O)Nc3ccn(CC(=O)O)n3)cc(C)nc21. The van der Waals surface area contributed by atoms with Crippen LogP contribution in [0.15, 0.2) is 24.5 Å². The van der Waals surface area contributed by atoms with E-state index in [1.165, 1.54) is 10.9 Å². The Labute approximate surface area is 149 Å². The van der Waals surface area contributed by atoms with E-state index in [9.17, 15) is 9.59 Å². The number of carbonyl (C=O) groups excluding carboxylic acids is 1. The molecule has 0 aromatic carbocycles. The summed E-state index contributed by atoms with van der Waals surface area (Å²) in [6, 6.07) is 3.42. The Morgan fingerprint density at radius 2 is 2.15 bits per heavy atom. The van der Waals surface area contributed by atoms with Crippen LogP contribution in [0.1, 0.15) is 42.4 Å². The topological polar surface area (TPSA) is 115 Å². The molecule has 1 atom stereocenters. The molecule has 0 radical (unpaired) electrons. The van der Waals surface area contributed by atoms with Gasteiger partial charge in [0.15, 0.2) is 11.5 Å². The van der Waals surface area contributed by atoms with E-state index in [0.29, 0.717) is 22.3 Å². The number of aryl methyl sites for hydroxylation is 1. The van der Waals surface area contributed by atoms with E-state index in [1.807, 2.05) is 18.5 Å². The molecule has 9 heteroatoms.